The number of fused-ring (bicyclic) bond motifs is 3. The number of esters is 1. The summed E-state index contributed by atoms with van der Waals surface area (Å²) in [6, 6.07) is 0. The molecule has 19 heavy (non-hydrogen) atoms. The van der Waals surface area contributed by atoms with E-state index < -0.39 is 0 Å². The second-order valence-electron chi connectivity index (χ2n) is 8.03. The molecule has 3 aliphatic carbocycles. The number of ether oxygens (including phenoxy) is 1. The van der Waals surface area contributed by atoms with Crippen LogP contribution in [-0.4, -0.2) is 12.1 Å². The minimum Gasteiger partial charge on any atom is -0.461 e. The molecule has 0 aromatic heterocycles. The Morgan fingerprint density at radius 2 is 1.95 bits per heavy atom. The van der Waals surface area contributed by atoms with Gasteiger partial charge in [0.05, 0.1) is 0 Å². The lowest BCUT2D eigenvalue weighted by molar-refractivity contribution is -0.163. The monoisotopic (exact) mass is 262 g/mol. The van der Waals surface area contributed by atoms with Crippen LogP contribution in [0.4, 0.5) is 0 Å². The molecule has 5 atom stereocenters. The Labute approximate surface area is 116 Å². The van der Waals surface area contributed by atoms with Crippen molar-refractivity contribution in [2.45, 2.75) is 59.5 Å². The lowest BCUT2D eigenvalue weighted by Crippen LogP contribution is -2.53. The molecule has 0 radical (unpaired) electrons. The van der Waals surface area contributed by atoms with Gasteiger partial charge in [0.1, 0.15) is 6.10 Å². The molecule has 0 heterocycles. The maximum Gasteiger partial charge on any atom is 0.302 e. The first-order valence-corrected chi connectivity index (χ1v) is 7.57. The van der Waals surface area contributed by atoms with Gasteiger partial charge < -0.3 is 4.74 Å². The highest BCUT2D eigenvalue weighted by atomic mass is 16.5. The van der Waals surface area contributed by atoms with E-state index >= 15 is 0 Å². The molecular formula is C17H26O2. The van der Waals surface area contributed by atoms with E-state index in [1.807, 2.05) is 0 Å². The van der Waals surface area contributed by atoms with Crippen molar-refractivity contribution in [1.82, 2.24) is 0 Å². The van der Waals surface area contributed by atoms with Gasteiger partial charge in [-0.05, 0) is 42.4 Å². The molecular weight excluding hydrogens is 236 g/mol. The molecule has 2 nitrogen and oxygen atoms in total. The minimum atomic E-state index is -0.133. The summed E-state index contributed by atoms with van der Waals surface area (Å²) < 4.78 is 5.80. The van der Waals surface area contributed by atoms with Crippen LogP contribution < -0.4 is 0 Å². The molecule has 3 saturated carbocycles. The van der Waals surface area contributed by atoms with Crippen molar-refractivity contribution in [3.8, 4) is 0 Å². The third kappa shape index (κ3) is 1.46. The largest absolute Gasteiger partial charge is 0.461 e. The molecule has 2 heteroatoms. The number of carbonyl (C=O) groups is 1. The normalized spacial score (nSPS) is 50.0. The second-order valence-corrected chi connectivity index (χ2v) is 8.03. The maximum atomic E-state index is 11.5. The Kier molecular flexibility index (Phi) is 2.54. The molecule has 3 aliphatic rings. The number of hydrogen-bond donors (Lipinski definition) is 0. The predicted molar refractivity (Wildman–Crippen MR) is 75.5 cm³/mol. The average Bonchev–Trinajstić information content (AvgIpc) is 2.66. The van der Waals surface area contributed by atoms with Crippen LogP contribution in [-0.2, 0) is 9.53 Å². The zero-order valence-corrected chi connectivity index (χ0v) is 12.7. The summed E-state index contributed by atoms with van der Waals surface area (Å²) in [5.41, 5.74) is 0.734. The van der Waals surface area contributed by atoms with E-state index in [4.69, 9.17) is 4.74 Å². The van der Waals surface area contributed by atoms with Gasteiger partial charge in [-0.25, -0.2) is 0 Å². The van der Waals surface area contributed by atoms with E-state index in [1.165, 1.54) is 19.3 Å². The summed E-state index contributed by atoms with van der Waals surface area (Å²) in [6.07, 6.45) is 7.01. The van der Waals surface area contributed by atoms with Gasteiger partial charge in [-0.1, -0.05) is 26.8 Å². The van der Waals surface area contributed by atoms with Crippen LogP contribution in [0.1, 0.15) is 53.4 Å². The van der Waals surface area contributed by atoms with Crippen LogP contribution in [0.15, 0.2) is 12.7 Å². The molecule has 106 valence electrons. The van der Waals surface area contributed by atoms with Gasteiger partial charge in [-0.2, -0.15) is 0 Å². The van der Waals surface area contributed by atoms with Gasteiger partial charge in [0.15, 0.2) is 0 Å². The third-order valence-corrected chi connectivity index (χ3v) is 6.57. The van der Waals surface area contributed by atoms with Crippen molar-refractivity contribution in [2.75, 3.05) is 0 Å². The Hall–Kier alpha value is -0.790. The number of hydrogen-bond acceptors (Lipinski definition) is 2. The van der Waals surface area contributed by atoms with E-state index in [2.05, 4.69) is 33.4 Å². The summed E-state index contributed by atoms with van der Waals surface area (Å²) >= 11 is 0. The van der Waals surface area contributed by atoms with E-state index in [1.54, 1.807) is 6.92 Å². The number of carbonyl (C=O) groups excluding carboxylic acids is 1. The SMILES string of the molecule is C=C[C@@]12CC[C@]1(C)[C@H]1CC(C)(C)C[C@H]1[C@@H]2OC(C)=O. The van der Waals surface area contributed by atoms with E-state index in [0.29, 0.717) is 22.7 Å². The standard InChI is InChI=1S/C17H26O2/c1-6-17-8-7-16(17,5)13-10-15(3,4)9-12(13)14(17)19-11(2)18/h6,12-14H,1,7-10H2,2-5H3/t12-,13+,14+,16-,17+/m1/s1. The molecule has 0 bridgehead atoms. The Morgan fingerprint density at radius 1 is 1.26 bits per heavy atom. The molecule has 0 spiro atoms. The smallest absolute Gasteiger partial charge is 0.302 e. The van der Waals surface area contributed by atoms with Gasteiger partial charge in [0.25, 0.3) is 0 Å². The second kappa shape index (κ2) is 3.65. The van der Waals surface area contributed by atoms with Gasteiger partial charge >= 0.3 is 5.97 Å². The third-order valence-electron chi connectivity index (χ3n) is 6.57. The van der Waals surface area contributed by atoms with Crippen LogP contribution in [0.5, 0.6) is 0 Å². The fraction of sp³-hybridized carbons (Fsp3) is 0.824. The lowest BCUT2D eigenvalue weighted by Gasteiger charge is -2.56. The highest BCUT2D eigenvalue weighted by Crippen LogP contribution is 2.76. The topological polar surface area (TPSA) is 26.3 Å². The molecule has 0 aromatic rings. The van der Waals surface area contributed by atoms with E-state index in [0.717, 1.165) is 6.42 Å². The highest BCUT2D eigenvalue weighted by Gasteiger charge is 2.73. The van der Waals surface area contributed by atoms with Crippen molar-refractivity contribution in [3.63, 3.8) is 0 Å². The molecule has 0 aromatic carbocycles. The van der Waals surface area contributed by atoms with Crippen LogP contribution in [0, 0.1) is 28.1 Å². The first-order valence-electron chi connectivity index (χ1n) is 7.57. The van der Waals surface area contributed by atoms with Crippen molar-refractivity contribution in [1.29, 1.82) is 0 Å². The molecule has 3 rings (SSSR count). The van der Waals surface area contributed by atoms with Crippen molar-refractivity contribution in [2.24, 2.45) is 28.1 Å². The molecule has 0 aliphatic heterocycles. The highest BCUT2D eigenvalue weighted by molar-refractivity contribution is 5.66. The van der Waals surface area contributed by atoms with Gasteiger partial charge in [0.2, 0.25) is 0 Å². The Bertz CT molecular complexity index is 439. The molecule has 0 saturated heterocycles. The van der Waals surface area contributed by atoms with E-state index in [-0.39, 0.29) is 17.5 Å². The van der Waals surface area contributed by atoms with E-state index in [9.17, 15) is 4.79 Å². The van der Waals surface area contributed by atoms with Crippen LogP contribution in [0.2, 0.25) is 0 Å². The zero-order chi connectivity index (χ0) is 14.1. The van der Waals surface area contributed by atoms with Crippen molar-refractivity contribution < 1.29 is 9.53 Å². The predicted octanol–water partition coefficient (Wildman–Crippen LogP) is 3.96. The summed E-state index contributed by atoms with van der Waals surface area (Å²) in [6.45, 7) is 12.7. The fourth-order valence-electron chi connectivity index (χ4n) is 5.64. The summed E-state index contributed by atoms with van der Waals surface area (Å²) in [4.78, 5) is 11.5. The lowest BCUT2D eigenvalue weighted by atomic mass is 9.48. The summed E-state index contributed by atoms with van der Waals surface area (Å²) in [7, 11) is 0. The zero-order valence-electron chi connectivity index (χ0n) is 12.7. The first-order chi connectivity index (χ1) is 8.76. The average molecular weight is 262 g/mol. The van der Waals surface area contributed by atoms with Gasteiger partial charge in [-0.15, -0.1) is 6.58 Å². The van der Waals surface area contributed by atoms with Crippen molar-refractivity contribution in [3.05, 3.63) is 12.7 Å². The quantitative estimate of drug-likeness (QED) is 0.556. The van der Waals surface area contributed by atoms with Gasteiger partial charge in [-0.3, -0.25) is 4.79 Å². The minimum absolute atomic E-state index is 0.0461. The summed E-state index contributed by atoms with van der Waals surface area (Å²) in [5, 5.41) is 0. The maximum absolute atomic E-state index is 11.5. The van der Waals surface area contributed by atoms with Crippen LogP contribution in [0.25, 0.3) is 0 Å². The molecule has 0 N–H and O–H groups in total. The Balaban J connectivity index is 2.01. The summed E-state index contributed by atoms with van der Waals surface area (Å²) in [5.74, 6) is 1.09. The van der Waals surface area contributed by atoms with Crippen LogP contribution >= 0.6 is 0 Å². The van der Waals surface area contributed by atoms with Crippen LogP contribution in [0.3, 0.4) is 0 Å². The molecule has 3 fully saturated rings. The first kappa shape index (κ1) is 13.2. The molecule has 0 amide bonds. The Morgan fingerprint density at radius 3 is 2.42 bits per heavy atom. The van der Waals surface area contributed by atoms with Crippen molar-refractivity contribution >= 4 is 5.97 Å². The van der Waals surface area contributed by atoms with Gasteiger partial charge in [0, 0.05) is 18.3 Å². The fourth-order valence-corrected chi connectivity index (χ4v) is 5.64. The number of rotatable bonds is 2. The molecule has 0 unspecified atom stereocenters.